The number of benzene rings is 1. The van der Waals surface area contributed by atoms with E-state index in [4.69, 9.17) is 22.1 Å². The highest BCUT2D eigenvalue weighted by molar-refractivity contribution is 6.33. The number of hydrogen-bond acceptors (Lipinski definition) is 3. The Morgan fingerprint density at radius 3 is 2.46 bits per heavy atom. The van der Waals surface area contributed by atoms with Crippen LogP contribution in [0.4, 0.5) is 13.2 Å². The van der Waals surface area contributed by atoms with E-state index in [9.17, 15) is 13.2 Å². The van der Waals surface area contributed by atoms with Gasteiger partial charge in [-0.2, -0.15) is 13.2 Å². The molecule has 8 heteroatoms. The third kappa shape index (κ3) is 2.81. The van der Waals surface area contributed by atoms with Gasteiger partial charge in [0.2, 0.25) is 0 Å². The lowest BCUT2D eigenvalue weighted by atomic mass is 10.1. The van der Waals surface area contributed by atoms with Crippen LogP contribution in [0.5, 0.6) is 5.75 Å². The van der Waals surface area contributed by atoms with Gasteiger partial charge in [0.05, 0.1) is 29.1 Å². The molecule has 0 atom stereocenters. The number of rotatable bonds is 3. The molecular weight excluding hydrogens is 343 g/mol. The van der Waals surface area contributed by atoms with E-state index in [1.54, 1.807) is 31.4 Å². The molecule has 126 valence electrons. The number of aromatic nitrogens is 2. The predicted molar refractivity (Wildman–Crippen MR) is 85.1 cm³/mol. The van der Waals surface area contributed by atoms with E-state index in [0.717, 1.165) is 12.3 Å². The molecule has 2 aromatic heterocycles. The molecule has 0 saturated heterocycles. The summed E-state index contributed by atoms with van der Waals surface area (Å²) in [6, 6.07) is 7.86. The maximum Gasteiger partial charge on any atom is 0.417 e. The van der Waals surface area contributed by atoms with Crippen molar-refractivity contribution in [3.8, 4) is 17.0 Å². The zero-order chi connectivity index (χ0) is 17.5. The second-order valence-corrected chi connectivity index (χ2v) is 5.52. The summed E-state index contributed by atoms with van der Waals surface area (Å²) in [6.45, 7) is 0.0141. The number of methoxy groups -OCH3 is 1. The summed E-state index contributed by atoms with van der Waals surface area (Å²) in [5.41, 5.74) is 6.78. The van der Waals surface area contributed by atoms with E-state index in [1.807, 2.05) is 0 Å². The highest BCUT2D eigenvalue weighted by Gasteiger charge is 2.32. The Hall–Kier alpha value is -2.25. The number of imidazole rings is 1. The molecule has 3 rings (SSSR count). The van der Waals surface area contributed by atoms with Gasteiger partial charge >= 0.3 is 6.18 Å². The lowest BCUT2D eigenvalue weighted by Gasteiger charge is -2.09. The highest BCUT2D eigenvalue weighted by Crippen LogP contribution is 2.35. The third-order valence-electron chi connectivity index (χ3n) is 3.66. The van der Waals surface area contributed by atoms with Crippen LogP contribution >= 0.6 is 11.6 Å². The molecule has 0 unspecified atom stereocenters. The average Bonchev–Trinajstić information content (AvgIpc) is 2.93. The van der Waals surface area contributed by atoms with Crippen LogP contribution in [-0.2, 0) is 12.7 Å². The number of ether oxygens (including phenoxy) is 1. The molecule has 0 aliphatic rings. The Morgan fingerprint density at radius 1 is 1.25 bits per heavy atom. The Morgan fingerprint density at radius 2 is 1.92 bits per heavy atom. The van der Waals surface area contributed by atoms with Crippen LogP contribution in [-0.4, -0.2) is 16.5 Å². The van der Waals surface area contributed by atoms with Crippen LogP contribution in [0.1, 0.15) is 11.3 Å². The van der Waals surface area contributed by atoms with Gasteiger partial charge in [-0.25, -0.2) is 4.98 Å². The smallest absolute Gasteiger partial charge is 0.417 e. The zero-order valence-corrected chi connectivity index (χ0v) is 13.3. The fraction of sp³-hybridized carbons (Fsp3) is 0.188. The van der Waals surface area contributed by atoms with Crippen molar-refractivity contribution >= 4 is 17.2 Å². The molecule has 2 heterocycles. The second kappa shape index (κ2) is 5.99. The standard InChI is InChI=1S/C16H13ClF3N3O/c1-24-11-4-2-9(3-5-11)14-13(7-21)23-8-10(16(18,19)20)6-12(17)15(23)22-14/h2-6,8H,7,21H2,1H3. The molecule has 4 nitrogen and oxygen atoms in total. The van der Waals surface area contributed by atoms with Crippen LogP contribution in [0.15, 0.2) is 36.5 Å². The van der Waals surface area contributed by atoms with Crippen molar-refractivity contribution in [3.63, 3.8) is 0 Å². The van der Waals surface area contributed by atoms with Crippen LogP contribution < -0.4 is 10.5 Å². The van der Waals surface area contributed by atoms with Crippen molar-refractivity contribution < 1.29 is 17.9 Å². The first-order valence-electron chi connectivity index (χ1n) is 6.97. The van der Waals surface area contributed by atoms with Crippen LogP contribution in [0.25, 0.3) is 16.9 Å². The second-order valence-electron chi connectivity index (χ2n) is 5.11. The molecule has 0 amide bonds. The molecule has 0 saturated carbocycles. The normalized spacial score (nSPS) is 11.9. The van der Waals surface area contributed by atoms with Gasteiger partial charge < -0.3 is 14.9 Å². The topological polar surface area (TPSA) is 52.5 Å². The number of alkyl halides is 3. The fourth-order valence-electron chi connectivity index (χ4n) is 2.48. The molecule has 0 spiro atoms. The molecule has 0 radical (unpaired) electrons. The molecule has 2 N–H and O–H groups in total. The Kier molecular flexibility index (Phi) is 4.15. The number of pyridine rings is 1. The van der Waals surface area contributed by atoms with Crippen LogP contribution in [0, 0.1) is 0 Å². The molecule has 1 aromatic carbocycles. The maximum atomic E-state index is 13.0. The van der Waals surface area contributed by atoms with Gasteiger partial charge in [0, 0.05) is 18.3 Å². The lowest BCUT2D eigenvalue weighted by molar-refractivity contribution is -0.137. The van der Waals surface area contributed by atoms with Crippen LogP contribution in [0.3, 0.4) is 0 Å². The first kappa shape index (κ1) is 16.6. The van der Waals surface area contributed by atoms with Gasteiger partial charge in [0.1, 0.15) is 5.75 Å². The molecule has 3 aromatic rings. The monoisotopic (exact) mass is 355 g/mol. The summed E-state index contributed by atoms with van der Waals surface area (Å²) >= 11 is 6.00. The molecule has 0 aliphatic heterocycles. The van der Waals surface area contributed by atoms with Gasteiger partial charge in [-0.05, 0) is 30.3 Å². The zero-order valence-electron chi connectivity index (χ0n) is 12.6. The van der Waals surface area contributed by atoms with E-state index in [-0.39, 0.29) is 17.2 Å². The van der Waals surface area contributed by atoms with E-state index >= 15 is 0 Å². The highest BCUT2D eigenvalue weighted by atomic mass is 35.5. The Balaban J connectivity index is 2.24. The summed E-state index contributed by atoms with van der Waals surface area (Å²) in [4.78, 5) is 4.37. The summed E-state index contributed by atoms with van der Waals surface area (Å²) in [7, 11) is 1.55. The van der Waals surface area contributed by atoms with Gasteiger partial charge in [-0.3, -0.25) is 0 Å². The van der Waals surface area contributed by atoms with E-state index < -0.39 is 11.7 Å². The summed E-state index contributed by atoms with van der Waals surface area (Å²) < 4.78 is 45.4. The van der Waals surface area contributed by atoms with Gasteiger partial charge in [0.15, 0.2) is 5.65 Å². The van der Waals surface area contributed by atoms with Gasteiger partial charge in [0.25, 0.3) is 0 Å². The van der Waals surface area contributed by atoms with Crippen molar-refractivity contribution in [1.82, 2.24) is 9.38 Å². The maximum absolute atomic E-state index is 13.0. The van der Waals surface area contributed by atoms with Crippen molar-refractivity contribution in [1.29, 1.82) is 0 Å². The van der Waals surface area contributed by atoms with Gasteiger partial charge in [-0.1, -0.05) is 11.6 Å². The Bertz CT molecular complexity index is 888. The number of hydrogen-bond donors (Lipinski definition) is 1. The minimum Gasteiger partial charge on any atom is -0.497 e. The SMILES string of the molecule is COc1ccc(-c2nc3c(Cl)cc(C(F)(F)F)cn3c2CN)cc1. The molecule has 0 bridgehead atoms. The minimum atomic E-state index is -4.51. The fourth-order valence-corrected chi connectivity index (χ4v) is 2.73. The lowest BCUT2D eigenvalue weighted by Crippen LogP contribution is -2.09. The van der Waals surface area contributed by atoms with Crippen molar-refractivity contribution in [3.05, 3.63) is 52.8 Å². The van der Waals surface area contributed by atoms with E-state index in [1.165, 1.54) is 4.40 Å². The summed E-state index contributed by atoms with van der Waals surface area (Å²) in [5, 5.41) is -0.0840. The van der Waals surface area contributed by atoms with Gasteiger partial charge in [-0.15, -0.1) is 0 Å². The largest absolute Gasteiger partial charge is 0.497 e. The molecule has 0 fully saturated rings. The molecule has 0 aliphatic carbocycles. The van der Waals surface area contributed by atoms with Crippen molar-refractivity contribution in [2.75, 3.05) is 7.11 Å². The predicted octanol–water partition coefficient (Wildman–Crippen LogP) is 4.14. The summed E-state index contributed by atoms with van der Waals surface area (Å²) in [6.07, 6.45) is -3.54. The number of halogens is 4. The first-order valence-corrected chi connectivity index (χ1v) is 7.35. The van der Waals surface area contributed by atoms with Crippen molar-refractivity contribution in [2.24, 2.45) is 5.73 Å². The number of nitrogens with two attached hydrogens (primary N) is 1. The van der Waals surface area contributed by atoms with Crippen molar-refractivity contribution in [2.45, 2.75) is 12.7 Å². The first-order chi connectivity index (χ1) is 11.3. The summed E-state index contributed by atoms with van der Waals surface area (Å²) in [5.74, 6) is 0.661. The number of fused-ring (bicyclic) bond motifs is 1. The number of nitrogens with zero attached hydrogens (tertiary/aromatic N) is 2. The third-order valence-corrected chi connectivity index (χ3v) is 3.94. The minimum absolute atomic E-state index is 0.0141. The van der Waals surface area contributed by atoms with E-state index in [0.29, 0.717) is 22.7 Å². The average molecular weight is 356 g/mol. The molecule has 24 heavy (non-hydrogen) atoms. The molecular formula is C16H13ClF3N3O. The Labute approximate surface area is 140 Å². The van der Waals surface area contributed by atoms with Crippen LogP contribution in [0.2, 0.25) is 5.02 Å². The van der Waals surface area contributed by atoms with E-state index in [2.05, 4.69) is 4.98 Å². The quantitative estimate of drug-likeness (QED) is 0.768.